The fourth-order valence-corrected chi connectivity index (χ4v) is 6.44. The van der Waals surface area contributed by atoms with Crippen molar-refractivity contribution in [3.8, 4) is 0 Å². The molecular weight excluding hydrogens is 469 g/mol. The Morgan fingerprint density at radius 1 is 1.06 bits per heavy atom. The summed E-state index contributed by atoms with van der Waals surface area (Å²) in [5.74, 6) is 0. The van der Waals surface area contributed by atoms with Gasteiger partial charge in [-0.1, -0.05) is 26.0 Å². The van der Waals surface area contributed by atoms with Crippen molar-refractivity contribution in [2.45, 2.75) is 38.3 Å². The highest BCUT2D eigenvalue weighted by Gasteiger charge is 2.36. The lowest BCUT2D eigenvalue weighted by atomic mass is 9.74. The van der Waals surface area contributed by atoms with Crippen molar-refractivity contribution in [2.24, 2.45) is 0 Å². The molecule has 4 aromatic rings. The van der Waals surface area contributed by atoms with E-state index in [1.54, 1.807) is 6.07 Å². The third-order valence-electron chi connectivity index (χ3n) is 6.57. The van der Waals surface area contributed by atoms with Crippen LogP contribution < -0.4 is 4.31 Å². The number of aromatic amines is 1. The summed E-state index contributed by atoms with van der Waals surface area (Å²) in [5.41, 5.74) is 1.19. The summed E-state index contributed by atoms with van der Waals surface area (Å²) in [6, 6.07) is 11.3. The monoisotopic (exact) mass is 494 g/mol. The van der Waals surface area contributed by atoms with Gasteiger partial charge in [0, 0.05) is 33.6 Å². The van der Waals surface area contributed by atoms with E-state index >= 15 is 0 Å². The molecule has 33 heavy (non-hydrogen) atoms. The molecule has 2 heterocycles. The first-order valence-corrected chi connectivity index (χ1v) is 13.2. The maximum Gasteiger partial charge on any atom is 0.416 e. The zero-order chi connectivity index (χ0) is 24.2. The van der Waals surface area contributed by atoms with Gasteiger partial charge in [-0.25, -0.2) is 8.42 Å². The number of nitrogens with zero attached hydrogens (tertiary/aromatic N) is 1. The number of fused-ring (bicyclic) bond motifs is 2. The van der Waals surface area contributed by atoms with Crippen LogP contribution in [-0.4, -0.2) is 26.7 Å². The number of hydrogen-bond donors (Lipinski definition) is 1. The third-order valence-corrected chi connectivity index (χ3v) is 9.08. The molecule has 0 atom stereocenters. The van der Waals surface area contributed by atoms with Crippen LogP contribution in [0.5, 0.6) is 0 Å². The molecule has 9 heteroatoms. The maximum absolute atomic E-state index is 13.2. The van der Waals surface area contributed by atoms with Gasteiger partial charge in [-0.15, -0.1) is 11.3 Å². The first-order valence-electron chi connectivity index (χ1n) is 10.6. The molecule has 0 amide bonds. The standard InChI is InChI=1S/C24H25F3N2O2S2/c1-5-23(6-2,21-13-15-12-16(24(25,26)27)10-11-20(15)32-21)18-14-28-22-17(18)8-7-9-19(22)29(3)33(4,30)31/h7-14,28H,5-6H2,1-4H3. The second-order valence-corrected chi connectivity index (χ2v) is 11.4. The molecule has 0 radical (unpaired) electrons. The fraction of sp³-hybridized carbons (Fsp3) is 0.333. The molecule has 176 valence electrons. The van der Waals surface area contributed by atoms with E-state index in [1.807, 2.05) is 24.4 Å². The Balaban J connectivity index is 1.92. The normalized spacial score (nSPS) is 13.2. The van der Waals surface area contributed by atoms with Crippen molar-refractivity contribution in [2.75, 3.05) is 17.6 Å². The number of nitrogens with one attached hydrogen (secondary N) is 1. The van der Waals surface area contributed by atoms with Crippen molar-refractivity contribution in [3.63, 3.8) is 0 Å². The van der Waals surface area contributed by atoms with Crippen LogP contribution in [-0.2, 0) is 21.6 Å². The molecular formula is C24H25F3N2O2S2. The minimum atomic E-state index is -4.39. The van der Waals surface area contributed by atoms with Gasteiger partial charge in [0.05, 0.1) is 23.0 Å². The first kappa shape index (κ1) is 23.6. The smallest absolute Gasteiger partial charge is 0.359 e. The number of hydrogen-bond acceptors (Lipinski definition) is 3. The molecule has 0 saturated carbocycles. The highest BCUT2D eigenvalue weighted by Crippen LogP contribution is 2.47. The van der Waals surface area contributed by atoms with E-state index in [0.29, 0.717) is 16.6 Å². The molecule has 0 spiro atoms. The Morgan fingerprint density at radius 3 is 2.36 bits per heavy atom. The molecule has 0 aliphatic rings. The maximum atomic E-state index is 13.2. The third kappa shape index (κ3) is 3.91. The van der Waals surface area contributed by atoms with Crippen LogP contribution in [0.2, 0.25) is 0 Å². The average Bonchev–Trinajstić information content (AvgIpc) is 3.38. The van der Waals surface area contributed by atoms with E-state index in [9.17, 15) is 21.6 Å². The SMILES string of the molecule is CCC(CC)(c1cc2cc(C(F)(F)F)ccc2s1)c1c[nH]c2c(N(C)S(C)(=O)=O)cccc12. The van der Waals surface area contributed by atoms with Crippen LogP contribution in [0, 0.1) is 0 Å². The Hall–Kier alpha value is -2.52. The molecule has 0 saturated heterocycles. The molecule has 0 aliphatic carbocycles. The number of thiophene rings is 1. The highest BCUT2D eigenvalue weighted by atomic mass is 32.2. The summed E-state index contributed by atoms with van der Waals surface area (Å²) in [6.45, 7) is 4.14. The van der Waals surface area contributed by atoms with E-state index < -0.39 is 27.2 Å². The summed E-state index contributed by atoms with van der Waals surface area (Å²) in [6.07, 6.45) is 0.151. The van der Waals surface area contributed by atoms with E-state index in [1.165, 1.54) is 34.8 Å². The van der Waals surface area contributed by atoms with Gasteiger partial charge in [0.15, 0.2) is 0 Å². The van der Waals surface area contributed by atoms with Gasteiger partial charge in [0.1, 0.15) is 0 Å². The predicted octanol–water partition coefficient (Wildman–Crippen LogP) is 6.90. The van der Waals surface area contributed by atoms with E-state index in [0.717, 1.165) is 45.7 Å². The predicted molar refractivity (Wildman–Crippen MR) is 130 cm³/mol. The van der Waals surface area contributed by atoms with Gasteiger partial charge in [0.25, 0.3) is 0 Å². The van der Waals surface area contributed by atoms with Gasteiger partial charge >= 0.3 is 6.18 Å². The number of alkyl halides is 3. The van der Waals surface area contributed by atoms with Crippen molar-refractivity contribution < 1.29 is 21.6 Å². The topological polar surface area (TPSA) is 53.2 Å². The van der Waals surface area contributed by atoms with Crippen LogP contribution in [0.25, 0.3) is 21.0 Å². The molecule has 0 aliphatic heterocycles. The number of halogens is 3. The summed E-state index contributed by atoms with van der Waals surface area (Å²) < 4.78 is 66.0. The van der Waals surface area contributed by atoms with E-state index in [-0.39, 0.29) is 0 Å². The number of H-pyrrole nitrogens is 1. The number of aromatic nitrogens is 1. The Labute approximate surface area is 195 Å². The van der Waals surface area contributed by atoms with E-state index in [4.69, 9.17) is 0 Å². The van der Waals surface area contributed by atoms with E-state index in [2.05, 4.69) is 18.8 Å². The zero-order valence-corrected chi connectivity index (χ0v) is 20.4. The lowest BCUT2D eigenvalue weighted by Crippen LogP contribution is -2.25. The minimum absolute atomic E-state index is 0.428. The summed E-state index contributed by atoms with van der Waals surface area (Å²) in [5, 5.41) is 1.48. The quantitative estimate of drug-likeness (QED) is 0.317. The van der Waals surface area contributed by atoms with Gasteiger partial charge in [-0.3, -0.25) is 4.31 Å². The molecule has 0 bridgehead atoms. The fourth-order valence-electron chi connectivity index (χ4n) is 4.54. The highest BCUT2D eigenvalue weighted by molar-refractivity contribution is 7.92. The summed E-state index contributed by atoms with van der Waals surface area (Å²) in [4.78, 5) is 4.26. The van der Waals surface area contributed by atoms with Gasteiger partial charge in [0.2, 0.25) is 10.0 Å². The lowest BCUT2D eigenvalue weighted by molar-refractivity contribution is -0.137. The number of para-hydroxylation sites is 1. The van der Waals surface area contributed by atoms with Crippen LogP contribution in [0.1, 0.15) is 42.7 Å². The average molecular weight is 495 g/mol. The molecule has 2 aromatic carbocycles. The molecule has 4 nitrogen and oxygen atoms in total. The Bertz CT molecular complexity index is 1430. The Kier molecular flexibility index (Phi) is 5.77. The number of anilines is 1. The van der Waals surface area contributed by atoms with Crippen molar-refractivity contribution in [1.29, 1.82) is 0 Å². The van der Waals surface area contributed by atoms with Gasteiger partial charge < -0.3 is 4.98 Å². The second-order valence-electron chi connectivity index (χ2n) is 8.28. The number of sulfonamides is 1. The van der Waals surface area contributed by atoms with Crippen molar-refractivity contribution in [1.82, 2.24) is 4.98 Å². The van der Waals surface area contributed by atoms with Gasteiger partial charge in [-0.2, -0.15) is 13.2 Å². The zero-order valence-electron chi connectivity index (χ0n) is 18.7. The van der Waals surface area contributed by atoms with Crippen molar-refractivity contribution >= 4 is 48.0 Å². The minimum Gasteiger partial charge on any atom is -0.359 e. The summed E-state index contributed by atoms with van der Waals surface area (Å²) >= 11 is 1.51. The summed E-state index contributed by atoms with van der Waals surface area (Å²) in [7, 11) is -1.93. The van der Waals surface area contributed by atoms with Crippen LogP contribution in [0.15, 0.2) is 48.7 Å². The molecule has 4 rings (SSSR count). The first-order chi connectivity index (χ1) is 15.4. The number of rotatable bonds is 6. The van der Waals surface area contributed by atoms with Crippen LogP contribution >= 0.6 is 11.3 Å². The molecule has 1 N–H and O–H groups in total. The Morgan fingerprint density at radius 2 is 1.76 bits per heavy atom. The van der Waals surface area contributed by atoms with Crippen LogP contribution in [0.4, 0.5) is 18.9 Å². The second kappa shape index (κ2) is 8.06. The largest absolute Gasteiger partial charge is 0.416 e. The lowest BCUT2D eigenvalue weighted by Gasteiger charge is -2.31. The number of benzene rings is 2. The van der Waals surface area contributed by atoms with Crippen molar-refractivity contribution in [3.05, 3.63) is 64.7 Å². The van der Waals surface area contributed by atoms with Gasteiger partial charge in [-0.05, 0) is 54.1 Å². The molecule has 0 unspecified atom stereocenters. The molecule has 0 fully saturated rings. The van der Waals surface area contributed by atoms with Crippen LogP contribution in [0.3, 0.4) is 0 Å². The molecule has 2 aromatic heterocycles.